The number of aromatic nitrogens is 1. The third kappa shape index (κ3) is 2.25. The van der Waals surface area contributed by atoms with E-state index in [0.29, 0.717) is 11.7 Å². The largest absolute Gasteiger partial charge is 0.440 e. The van der Waals surface area contributed by atoms with Gasteiger partial charge in [0.25, 0.3) is 0 Å². The van der Waals surface area contributed by atoms with Crippen LogP contribution < -0.4 is 0 Å². The van der Waals surface area contributed by atoms with Crippen molar-refractivity contribution in [2.45, 2.75) is 6.42 Å². The van der Waals surface area contributed by atoms with Crippen molar-refractivity contribution in [3.05, 3.63) is 40.7 Å². The number of oxazole rings is 1. The molecule has 0 atom stereocenters. The summed E-state index contributed by atoms with van der Waals surface area (Å²) in [5.74, 6) is 1.14. The fraction of sp³-hybridized carbons (Fsp3) is 0.0909. The van der Waals surface area contributed by atoms with Crippen LogP contribution in [0.15, 0.2) is 39.4 Å². The molecule has 0 radical (unpaired) electrons. The predicted molar refractivity (Wildman–Crippen MR) is 59.0 cm³/mol. The minimum atomic E-state index is 0.254. The average molecular weight is 263 g/mol. The molecule has 0 amide bonds. The zero-order chi connectivity index (χ0) is 10.7. The van der Waals surface area contributed by atoms with Crippen molar-refractivity contribution in [3.8, 4) is 17.5 Å². The lowest BCUT2D eigenvalue weighted by molar-refractivity contribution is 0.532. The Morgan fingerprint density at radius 1 is 1.33 bits per heavy atom. The summed E-state index contributed by atoms with van der Waals surface area (Å²) in [7, 11) is 0. The van der Waals surface area contributed by atoms with Gasteiger partial charge in [-0.3, -0.25) is 0 Å². The second-order valence-electron chi connectivity index (χ2n) is 2.97. The van der Waals surface area contributed by atoms with E-state index in [4.69, 9.17) is 9.68 Å². The monoisotopic (exact) mass is 262 g/mol. The summed E-state index contributed by atoms with van der Waals surface area (Å²) in [6.45, 7) is 0. The highest BCUT2D eigenvalue weighted by Crippen LogP contribution is 2.21. The summed E-state index contributed by atoms with van der Waals surface area (Å²) in [6.07, 6.45) is 1.84. The molecular weight excluding hydrogens is 256 g/mol. The smallest absolute Gasteiger partial charge is 0.226 e. The summed E-state index contributed by atoms with van der Waals surface area (Å²) >= 11 is 3.35. The molecule has 0 aliphatic rings. The predicted octanol–water partition coefficient (Wildman–Crippen LogP) is 3.17. The Morgan fingerprint density at radius 3 is 2.73 bits per heavy atom. The maximum atomic E-state index is 8.49. The summed E-state index contributed by atoms with van der Waals surface area (Å²) < 4.78 is 6.41. The molecule has 0 saturated carbocycles. The van der Waals surface area contributed by atoms with Crippen LogP contribution in [0.2, 0.25) is 0 Å². The van der Waals surface area contributed by atoms with Crippen molar-refractivity contribution < 1.29 is 4.42 Å². The van der Waals surface area contributed by atoms with E-state index in [1.54, 1.807) is 6.20 Å². The molecule has 0 bridgehead atoms. The lowest BCUT2D eigenvalue weighted by Gasteiger charge is -1.94. The highest BCUT2D eigenvalue weighted by Gasteiger charge is 2.05. The number of rotatable bonds is 2. The van der Waals surface area contributed by atoms with Gasteiger partial charge in [0.2, 0.25) is 5.89 Å². The van der Waals surface area contributed by atoms with Gasteiger partial charge in [0.05, 0.1) is 18.7 Å². The molecular formula is C11H7BrN2O. The molecule has 0 fully saturated rings. The van der Waals surface area contributed by atoms with E-state index in [1.165, 1.54) is 0 Å². The molecule has 2 aromatic rings. The molecule has 0 spiro atoms. The van der Waals surface area contributed by atoms with Crippen molar-refractivity contribution in [1.29, 1.82) is 5.26 Å². The maximum Gasteiger partial charge on any atom is 0.226 e. The Kier molecular flexibility index (Phi) is 2.84. The molecule has 1 aromatic heterocycles. The summed E-state index contributed by atoms with van der Waals surface area (Å²) in [5.41, 5.74) is 0.905. The van der Waals surface area contributed by atoms with E-state index in [1.807, 2.05) is 30.3 Å². The molecule has 0 unspecified atom stereocenters. The normalized spacial score (nSPS) is 9.87. The summed E-state index contributed by atoms with van der Waals surface area (Å²) in [5, 5.41) is 8.49. The van der Waals surface area contributed by atoms with E-state index in [9.17, 15) is 0 Å². The van der Waals surface area contributed by atoms with E-state index in [-0.39, 0.29) is 6.42 Å². The van der Waals surface area contributed by atoms with Gasteiger partial charge in [-0.1, -0.05) is 15.9 Å². The van der Waals surface area contributed by atoms with Crippen molar-refractivity contribution in [2.75, 3.05) is 0 Å². The zero-order valence-corrected chi connectivity index (χ0v) is 9.36. The van der Waals surface area contributed by atoms with Crippen molar-refractivity contribution in [1.82, 2.24) is 4.98 Å². The van der Waals surface area contributed by atoms with E-state index < -0.39 is 0 Å². The van der Waals surface area contributed by atoms with Gasteiger partial charge in [-0.2, -0.15) is 5.26 Å². The van der Waals surface area contributed by atoms with E-state index >= 15 is 0 Å². The number of nitriles is 1. The second-order valence-corrected chi connectivity index (χ2v) is 3.89. The highest BCUT2D eigenvalue weighted by atomic mass is 79.9. The first-order valence-corrected chi connectivity index (χ1v) is 5.16. The lowest BCUT2D eigenvalue weighted by Crippen LogP contribution is -1.75. The molecule has 1 aromatic carbocycles. The van der Waals surface area contributed by atoms with Gasteiger partial charge < -0.3 is 4.42 Å². The van der Waals surface area contributed by atoms with Gasteiger partial charge in [-0.15, -0.1) is 0 Å². The minimum absolute atomic E-state index is 0.254. The quantitative estimate of drug-likeness (QED) is 0.836. The minimum Gasteiger partial charge on any atom is -0.440 e. The van der Waals surface area contributed by atoms with Crippen molar-refractivity contribution in [2.24, 2.45) is 0 Å². The number of hydrogen-bond donors (Lipinski definition) is 0. The highest BCUT2D eigenvalue weighted by molar-refractivity contribution is 9.10. The molecule has 74 valence electrons. The van der Waals surface area contributed by atoms with Crippen LogP contribution in [0.5, 0.6) is 0 Å². The van der Waals surface area contributed by atoms with Crippen LogP contribution in [0.4, 0.5) is 0 Å². The molecule has 0 saturated heterocycles. The molecule has 0 aliphatic carbocycles. The first-order valence-electron chi connectivity index (χ1n) is 4.37. The molecule has 1 heterocycles. The molecule has 15 heavy (non-hydrogen) atoms. The van der Waals surface area contributed by atoms with Gasteiger partial charge in [0, 0.05) is 10.0 Å². The lowest BCUT2D eigenvalue weighted by atomic mass is 10.2. The first kappa shape index (κ1) is 9.94. The molecule has 3 nitrogen and oxygen atoms in total. The van der Waals surface area contributed by atoms with Crippen LogP contribution in [0.1, 0.15) is 5.76 Å². The van der Waals surface area contributed by atoms with Crippen LogP contribution in [-0.4, -0.2) is 4.98 Å². The average Bonchev–Trinajstić information content (AvgIpc) is 2.68. The fourth-order valence-corrected chi connectivity index (χ4v) is 1.46. The van der Waals surface area contributed by atoms with Crippen LogP contribution in [0.25, 0.3) is 11.5 Å². The SMILES string of the molecule is N#CCc1cnc(-c2ccc(Br)cc2)o1. The third-order valence-corrected chi connectivity index (χ3v) is 2.43. The summed E-state index contributed by atoms with van der Waals surface area (Å²) in [6, 6.07) is 9.67. The molecule has 2 rings (SSSR count). The number of hydrogen-bond acceptors (Lipinski definition) is 3. The Bertz CT molecular complexity index is 496. The molecule has 0 N–H and O–H groups in total. The topological polar surface area (TPSA) is 49.8 Å². The van der Waals surface area contributed by atoms with Gasteiger partial charge >= 0.3 is 0 Å². The number of benzene rings is 1. The van der Waals surface area contributed by atoms with Gasteiger partial charge in [0.15, 0.2) is 0 Å². The van der Waals surface area contributed by atoms with Gasteiger partial charge in [0.1, 0.15) is 5.76 Å². The van der Waals surface area contributed by atoms with Crippen molar-refractivity contribution >= 4 is 15.9 Å². The number of nitrogens with zero attached hydrogens (tertiary/aromatic N) is 2. The van der Waals surface area contributed by atoms with Crippen molar-refractivity contribution in [3.63, 3.8) is 0 Å². The van der Waals surface area contributed by atoms with Crippen LogP contribution in [0, 0.1) is 11.3 Å². The van der Waals surface area contributed by atoms with E-state index in [2.05, 4.69) is 20.9 Å². The Balaban J connectivity index is 2.30. The molecule has 4 heteroatoms. The van der Waals surface area contributed by atoms with Gasteiger partial charge in [-0.25, -0.2) is 4.98 Å². The zero-order valence-electron chi connectivity index (χ0n) is 7.77. The van der Waals surface area contributed by atoms with Gasteiger partial charge in [-0.05, 0) is 24.3 Å². The van der Waals surface area contributed by atoms with Crippen LogP contribution in [0.3, 0.4) is 0 Å². The summed E-state index contributed by atoms with van der Waals surface area (Å²) in [4.78, 5) is 4.10. The fourth-order valence-electron chi connectivity index (χ4n) is 1.19. The maximum absolute atomic E-state index is 8.49. The second kappa shape index (κ2) is 4.28. The first-order chi connectivity index (χ1) is 7.29. The molecule has 0 aliphatic heterocycles. The van der Waals surface area contributed by atoms with Crippen LogP contribution >= 0.6 is 15.9 Å². The Labute approximate surface area is 95.5 Å². The Morgan fingerprint density at radius 2 is 2.07 bits per heavy atom. The third-order valence-electron chi connectivity index (χ3n) is 1.90. The Hall–Kier alpha value is -1.60. The van der Waals surface area contributed by atoms with Crippen LogP contribution in [-0.2, 0) is 6.42 Å². The standard InChI is InChI=1S/C11H7BrN2O/c12-9-3-1-8(2-4-9)11-14-7-10(15-11)5-6-13/h1-4,7H,5H2. The number of halogens is 1. The van der Waals surface area contributed by atoms with E-state index in [0.717, 1.165) is 10.0 Å².